The van der Waals surface area contributed by atoms with Gasteiger partial charge in [0.25, 0.3) is 5.69 Å². The summed E-state index contributed by atoms with van der Waals surface area (Å²) in [7, 11) is 0. The average molecular weight is 744 g/mol. The van der Waals surface area contributed by atoms with E-state index in [0.29, 0.717) is 18.0 Å². The van der Waals surface area contributed by atoms with Gasteiger partial charge in [-0.2, -0.15) is 0 Å². The second-order valence-corrected chi connectivity index (χ2v) is 13.9. The first-order chi connectivity index (χ1) is 26.8. The number of piperazine rings is 1. The number of rotatable bonds is 12. The topological polar surface area (TPSA) is 139 Å². The van der Waals surface area contributed by atoms with E-state index in [4.69, 9.17) is 14.2 Å². The summed E-state index contributed by atoms with van der Waals surface area (Å²) in [4.78, 5) is 28.1. The quantitative estimate of drug-likeness (QED) is 0.0863. The highest BCUT2D eigenvalue weighted by Crippen LogP contribution is 2.42. The molecule has 2 aliphatic heterocycles. The van der Waals surface area contributed by atoms with Gasteiger partial charge < -0.3 is 34.9 Å². The van der Waals surface area contributed by atoms with Gasteiger partial charge in [-0.05, 0) is 65.2 Å². The van der Waals surface area contributed by atoms with Crippen molar-refractivity contribution < 1.29 is 29.0 Å². The summed E-state index contributed by atoms with van der Waals surface area (Å²) >= 11 is 0. The van der Waals surface area contributed by atoms with Crippen LogP contribution in [-0.2, 0) is 22.6 Å². The zero-order chi connectivity index (χ0) is 38.1. The molecule has 284 valence electrons. The molecule has 5 aromatic carbocycles. The fourth-order valence-electron chi connectivity index (χ4n) is 6.94. The highest BCUT2D eigenvalue weighted by atomic mass is 16.7. The summed E-state index contributed by atoms with van der Waals surface area (Å²) in [5.41, 5.74) is 5.38. The van der Waals surface area contributed by atoms with E-state index in [1.54, 1.807) is 36.4 Å². The van der Waals surface area contributed by atoms with E-state index >= 15 is 0 Å². The summed E-state index contributed by atoms with van der Waals surface area (Å²) in [6.07, 6.45) is -0.970. The van der Waals surface area contributed by atoms with E-state index in [9.17, 15) is 20.0 Å². The molecular formula is C43H45N5O7. The number of urea groups is 1. The molecule has 2 saturated heterocycles. The Hall–Kier alpha value is -5.79. The number of aliphatic hydroxyl groups is 1. The van der Waals surface area contributed by atoms with Gasteiger partial charge in [0, 0.05) is 74.3 Å². The van der Waals surface area contributed by atoms with E-state index < -0.39 is 6.29 Å². The number of non-ortho nitro benzene ring substituents is 1. The number of ether oxygens (including phenoxy) is 3. The number of carbonyl (C=O) groups is 1. The molecule has 5 aromatic rings. The number of hydrogen-bond acceptors (Lipinski definition) is 9. The van der Waals surface area contributed by atoms with Gasteiger partial charge >= 0.3 is 6.03 Å². The highest BCUT2D eigenvalue weighted by molar-refractivity contribution is 5.89. The predicted octanol–water partition coefficient (Wildman–Crippen LogP) is 7.81. The third kappa shape index (κ3) is 9.66. The SMILES string of the molecule is C[C@@H]1[C@H](CN2CCN(c3ccc([N+](=O)[O-])cc3)CC2)O[C@H](c2ccc(CNC(=O)Nc3ccc(Oc4ccccc4)cc3)cc2)O[C@@H]1c1ccc(CO)cc1. The maximum atomic E-state index is 12.7. The first-order valence-corrected chi connectivity index (χ1v) is 18.5. The van der Waals surface area contributed by atoms with Crippen LogP contribution >= 0.6 is 0 Å². The molecule has 3 N–H and O–H groups in total. The van der Waals surface area contributed by atoms with Crippen molar-refractivity contribution in [2.75, 3.05) is 42.9 Å². The van der Waals surface area contributed by atoms with Crippen molar-refractivity contribution in [2.24, 2.45) is 5.92 Å². The monoisotopic (exact) mass is 743 g/mol. The summed E-state index contributed by atoms with van der Waals surface area (Å²) in [6, 6.07) is 38.9. The van der Waals surface area contributed by atoms with Crippen LogP contribution in [0.4, 0.5) is 21.9 Å². The maximum absolute atomic E-state index is 12.7. The van der Waals surface area contributed by atoms with E-state index in [1.807, 2.05) is 91.0 Å². The van der Waals surface area contributed by atoms with Gasteiger partial charge in [-0.15, -0.1) is 0 Å². The lowest BCUT2D eigenvalue weighted by Gasteiger charge is -2.44. The summed E-state index contributed by atoms with van der Waals surface area (Å²) < 4.78 is 19.2. The van der Waals surface area contributed by atoms with Gasteiger partial charge in [-0.3, -0.25) is 15.0 Å². The molecule has 0 radical (unpaired) electrons. The standard InChI is InChI=1S/C43H45N5O7/c1-30-40(28-46-23-25-47(26-24-46)36-17-19-37(20-18-36)48(51)52)54-42(55-41(30)33-11-9-32(29-49)10-12-33)34-13-7-31(8-14-34)27-44-43(50)45-35-15-21-39(22-16-35)53-38-5-3-2-4-6-38/h2-22,30,40-42,49H,23-29H2,1H3,(H2,44,45,50)/t30-,40+,41+,42+/m1/s1. The number of hydrogen-bond donors (Lipinski definition) is 3. The molecule has 0 aliphatic carbocycles. The smallest absolute Gasteiger partial charge is 0.319 e. The van der Waals surface area contributed by atoms with Crippen molar-refractivity contribution in [3.63, 3.8) is 0 Å². The van der Waals surface area contributed by atoms with Crippen LogP contribution in [0.5, 0.6) is 11.5 Å². The molecule has 0 aromatic heterocycles. The molecule has 55 heavy (non-hydrogen) atoms. The lowest BCUT2D eigenvalue weighted by Crippen LogP contribution is -2.51. The van der Waals surface area contributed by atoms with Gasteiger partial charge in [0.15, 0.2) is 6.29 Å². The Bertz CT molecular complexity index is 2000. The Kier molecular flexibility index (Phi) is 12.0. The minimum absolute atomic E-state index is 0.0256. The average Bonchev–Trinajstić information content (AvgIpc) is 3.22. The number of nitro benzene ring substituents is 1. The summed E-state index contributed by atoms with van der Waals surface area (Å²) in [6.45, 7) is 6.44. The number of carbonyl (C=O) groups excluding carboxylic acids is 1. The Morgan fingerprint density at radius 3 is 2.09 bits per heavy atom. The van der Waals surface area contributed by atoms with E-state index in [0.717, 1.165) is 66.4 Å². The maximum Gasteiger partial charge on any atom is 0.319 e. The normalized spacial score (nSPS) is 20.1. The van der Waals surface area contributed by atoms with Gasteiger partial charge in [0.05, 0.1) is 23.7 Å². The number of aliphatic hydroxyl groups excluding tert-OH is 1. The van der Waals surface area contributed by atoms with E-state index in [2.05, 4.69) is 27.4 Å². The minimum atomic E-state index is -0.607. The molecule has 2 aliphatic rings. The zero-order valence-electron chi connectivity index (χ0n) is 30.6. The molecule has 0 unspecified atom stereocenters. The number of anilines is 2. The number of amides is 2. The predicted molar refractivity (Wildman–Crippen MR) is 210 cm³/mol. The highest BCUT2D eigenvalue weighted by Gasteiger charge is 2.39. The van der Waals surface area contributed by atoms with E-state index in [-0.39, 0.29) is 41.4 Å². The Labute approximate surface area is 320 Å². The third-order valence-electron chi connectivity index (χ3n) is 10.2. The fraction of sp³-hybridized carbons (Fsp3) is 0.279. The zero-order valence-corrected chi connectivity index (χ0v) is 30.6. The molecule has 0 bridgehead atoms. The second kappa shape index (κ2) is 17.6. The van der Waals surface area contributed by atoms with Crippen molar-refractivity contribution in [1.29, 1.82) is 0 Å². The molecule has 2 amide bonds. The molecule has 12 nitrogen and oxygen atoms in total. The Morgan fingerprint density at radius 1 is 0.800 bits per heavy atom. The number of benzene rings is 5. The van der Waals surface area contributed by atoms with Crippen LogP contribution in [-0.4, -0.2) is 59.8 Å². The van der Waals surface area contributed by atoms with Crippen LogP contribution in [0.25, 0.3) is 0 Å². The largest absolute Gasteiger partial charge is 0.457 e. The van der Waals surface area contributed by atoms with E-state index in [1.165, 1.54) is 0 Å². The third-order valence-corrected chi connectivity index (χ3v) is 10.2. The van der Waals surface area contributed by atoms with Crippen LogP contribution in [0, 0.1) is 16.0 Å². The fourth-order valence-corrected chi connectivity index (χ4v) is 6.94. The summed E-state index contributed by atoms with van der Waals surface area (Å²) in [5, 5.41) is 26.5. The van der Waals surface area contributed by atoms with Gasteiger partial charge in [0.1, 0.15) is 11.5 Å². The van der Waals surface area contributed by atoms with Crippen molar-refractivity contribution in [2.45, 2.75) is 38.6 Å². The molecule has 4 atom stereocenters. The van der Waals surface area contributed by atoms with Crippen molar-refractivity contribution in [3.8, 4) is 11.5 Å². The van der Waals surface area contributed by atoms with Crippen LogP contribution in [0.3, 0.4) is 0 Å². The molecule has 12 heteroatoms. The van der Waals surface area contributed by atoms with Gasteiger partial charge in [0.2, 0.25) is 0 Å². The Morgan fingerprint density at radius 2 is 1.44 bits per heavy atom. The first kappa shape index (κ1) is 37.5. The number of para-hydroxylation sites is 1. The molecule has 0 saturated carbocycles. The van der Waals surface area contributed by atoms with Crippen LogP contribution in [0.15, 0.2) is 127 Å². The van der Waals surface area contributed by atoms with Crippen LogP contribution in [0.2, 0.25) is 0 Å². The summed E-state index contributed by atoms with van der Waals surface area (Å²) in [5.74, 6) is 1.46. The molecule has 0 spiro atoms. The van der Waals surface area contributed by atoms with Crippen molar-refractivity contribution in [3.05, 3.63) is 160 Å². The Balaban J connectivity index is 0.960. The molecule has 2 heterocycles. The van der Waals surface area contributed by atoms with Crippen LogP contribution < -0.4 is 20.3 Å². The molecule has 2 fully saturated rings. The first-order valence-electron chi connectivity index (χ1n) is 18.5. The molecular weight excluding hydrogens is 699 g/mol. The van der Waals surface area contributed by atoms with Crippen LogP contribution in [0.1, 0.15) is 41.6 Å². The number of nitrogens with zero attached hydrogens (tertiary/aromatic N) is 3. The number of nitro groups is 1. The van der Waals surface area contributed by atoms with Gasteiger partial charge in [-0.1, -0.05) is 73.7 Å². The van der Waals surface area contributed by atoms with Gasteiger partial charge in [-0.25, -0.2) is 4.79 Å². The minimum Gasteiger partial charge on any atom is -0.457 e. The second-order valence-electron chi connectivity index (χ2n) is 13.9. The lowest BCUT2D eigenvalue weighted by atomic mass is 9.90. The molecule has 7 rings (SSSR count). The number of nitrogens with one attached hydrogen (secondary N) is 2. The van der Waals surface area contributed by atoms with Crippen molar-refractivity contribution >= 4 is 23.1 Å². The lowest BCUT2D eigenvalue weighted by molar-refractivity contribution is -0.384. The van der Waals surface area contributed by atoms with Crippen molar-refractivity contribution in [1.82, 2.24) is 10.2 Å².